The van der Waals surface area contributed by atoms with Crippen molar-refractivity contribution in [2.75, 3.05) is 27.6 Å². The molecule has 0 bridgehead atoms. The molecule has 1 unspecified atom stereocenters. The molecule has 0 aliphatic rings. The van der Waals surface area contributed by atoms with Crippen LogP contribution in [0.1, 0.15) is 13.8 Å². The van der Waals surface area contributed by atoms with Crippen LogP contribution in [0.25, 0.3) is 0 Å². The molecule has 1 atom stereocenters. The summed E-state index contributed by atoms with van der Waals surface area (Å²) < 4.78 is 15.0. The van der Waals surface area contributed by atoms with Crippen LogP contribution in [0.4, 0.5) is 0 Å². The highest BCUT2D eigenvalue weighted by molar-refractivity contribution is 4.93. The van der Waals surface area contributed by atoms with Crippen molar-refractivity contribution in [2.24, 2.45) is 5.41 Å². The van der Waals surface area contributed by atoms with Crippen LogP contribution in [0.15, 0.2) is 12.3 Å². The number of hydrogen-bond donors (Lipinski definition) is 1. The maximum atomic E-state index is 9.17. The van der Waals surface area contributed by atoms with Gasteiger partial charge in [-0.25, -0.2) is 0 Å². The number of ether oxygens (including phenoxy) is 3. The van der Waals surface area contributed by atoms with E-state index in [4.69, 9.17) is 19.3 Å². The zero-order valence-electron chi connectivity index (χ0n) is 9.32. The molecule has 4 nitrogen and oxygen atoms in total. The van der Waals surface area contributed by atoms with Gasteiger partial charge in [-0.1, -0.05) is 13.8 Å². The van der Waals surface area contributed by atoms with Gasteiger partial charge in [0.2, 0.25) is 0 Å². The Morgan fingerprint density at radius 2 is 2.00 bits per heavy atom. The predicted octanol–water partition coefficient (Wildman–Crippen LogP) is 1.15. The topological polar surface area (TPSA) is 47.9 Å². The first-order valence-corrected chi connectivity index (χ1v) is 4.49. The van der Waals surface area contributed by atoms with Crippen LogP contribution >= 0.6 is 0 Å². The summed E-state index contributed by atoms with van der Waals surface area (Å²) in [5.41, 5.74) is -0.354. The Labute approximate surface area is 85.5 Å². The van der Waals surface area contributed by atoms with Crippen molar-refractivity contribution in [3.05, 3.63) is 12.3 Å². The number of aliphatic hydroxyl groups excluding tert-OH is 1. The number of rotatable bonds is 7. The lowest BCUT2D eigenvalue weighted by molar-refractivity contribution is -0.101. The molecule has 0 aromatic carbocycles. The molecule has 0 aromatic rings. The largest absolute Gasteiger partial charge is 0.505 e. The van der Waals surface area contributed by atoms with Crippen LogP contribution in [0.5, 0.6) is 0 Å². The molecule has 0 aliphatic heterocycles. The SMILES string of the molecule is COC=CC(OCOC)C(C)(C)CO. The molecular weight excluding hydrogens is 184 g/mol. The van der Waals surface area contributed by atoms with E-state index in [2.05, 4.69) is 0 Å². The van der Waals surface area contributed by atoms with Crippen LogP contribution in [0.2, 0.25) is 0 Å². The van der Waals surface area contributed by atoms with E-state index in [0.29, 0.717) is 0 Å². The molecule has 0 fully saturated rings. The first kappa shape index (κ1) is 13.4. The van der Waals surface area contributed by atoms with Crippen LogP contribution in [0, 0.1) is 5.41 Å². The minimum atomic E-state index is -0.354. The van der Waals surface area contributed by atoms with Gasteiger partial charge in [-0.3, -0.25) is 0 Å². The minimum absolute atomic E-state index is 0.0371. The molecule has 0 rings (SSSR count). The summed E-state index contributed by atoms with van der Waals surface area (Å²) in [5, 5.41) is 9.17. The van der Waals surface area contributed by atoms with Crippen LogP contribution < -0.4 is 0 Å². The Morgan fingerprint density at radius 3 is 2.43 bits per heavy atom. The molecule has 0 radical (unpaired) electrons. The molecule has 1 N–H and O–H groups in total. The highest BCUT2D eigenvalue weighted by Gasteiger charge is 2.27. The fourth-order valence-electron chi connectivity index (χ4n) is 0.923. The number of aliphatic hydroxyl groups is 1. The van der Waals surface area contributed by atoms with Gasteiger partial charge in [-0.2, -0.15) is 0 Å². The normalized spacial score (nSPS) is 14.6. The van der Waals surface area contributed by atoms with Gasteiger partial charge in [0.25, 0.3) is 0 Å². The van der Waals surface area contributed by atoms with Crippen molar-refractivity contribution in [3.63, 3.8) is 0 Å². The van der Waals surface area contributed by atoms with E-state index in [1.165, 1.54) is 6.26 Å². The third-order valence-electron chi connectivity index (χ3n) is 1.93. The van der Waals surface area contributed by atoms with Gasteiger partial charge < -0.3 is 19.3 Å². The summed E-state index contributed by atoms with van der Waals surface area (Å²) >= 11 is 0. The molecule has 84 valence electrons. The second-order valence-corrected chi connectivity index (χ2v) is 3.70. The number of methoxy groups -OCH3 is 2. The summed E-state index contributed by atoms with van der Waals surface area (Å²) in [6.45, 7) is 4.05. The van der Waals surface area contributed by atoms with E-state index >= 15 is 0 Å². The second kappa shape index (κ2) is 6.81. The standard InChI is InChI=1S/C10H20O4/c1-10(2,7-11)9(5-6-12-3)14-8-13-4/h5-6,9,11H,7-8H2,1-4H3. The Bertz CT molecular complexity index is 166. The number of hydrogen-bond acceptors (Lipinski definition) is 4. The average Bonchev–Trinajstić information content (AvgIpc) is 2.17. The summed E-state index contributed by atoms with van der Waals surface area (Å²) in [5.74, 6) is 0. The molecule has 0 aromatic heterocycles. The van der Waals surface area contributed by atoms with E-state index in [0.717, 1.165) is 0 Å². The zero-order valence-corrected chi connectivity index (χ0v) is 9.32. The average molecular weight is 204 g/mol. The smallest absolute Gasteiger partial charge is 0.147 e. The van der Waals surface area contributed by atoms with E-state index in [9.17, 15) is 0 Å². The Morgan fingerprint density at radius 1 is 1.36 bits per heavy atom. The van der Waals surface area contributed by atoms with Crippen molar-refractivity contribution in [1.82, 2.24) is 0 Å². The minimum Gasteiger partial charge on any atom is -0.505 e. The van der Waals surface area contributed by atoms with E-state index in [-0.39, 0.29) is 24.9 Å². The molecule has 14 heavy (non-hydrogen) atoms. The molecule has 0 spiro atoms. The Kier molecular flexibility index (Phi) is 6.53. The summed E-state index contributed by atoms with van der Waals surface area (Å²) in [6, 6.07) is 0. The summed E-state index contributed by atoms with van der Waals surface area (Å²) in [6.07, 6.45) is 3.07. The predicted molar refractivity (Wildman–Crippen MR) is 53.8 cm³/mol. The van der Waals surface area contributed by atoms with Crippen LogP contribution in [0.3, 0.4) is 0 Å². The highest BCUT2D eigenvalue weighted by atomic mass is 16.7. The van der Waals surface area contributed by atoms with Crippen molar-refractivity contribution >= 4 is 0 Å². The fraction of sp³-hybridized carbons (Fsp3) is 0.800. The van der Waals surface area contributed by atoms with E-state index in [1.807, 2.05) is 13.8 Å². The third-order valence-corrected chi connectivity index (χ3v) is 1.93. The monoisotopic (exact) mass is 204 g/mol. The Hall–Kier alpha value is -0.580. The van der Waals surface area contributed by atoms with Gasteiger partial charge in [-0.05, 0) is 6.08 Å². The molecule has 0 aliphatic carbocycles. The first-order valence-electron chi connectivity index (χ1n) is 4.49. The van der Waals surface area contributed by atoms with Gasteiger partial charge >= 0.3 is 0 Å². The lowest BCUT2D eigenvalue weighted by Gasteiger charge is -2.29. The van der Waals surface area contributed by atoms with Gasteiger partial charge in [-0.15, -0.1) is 0 Å². The lowest BCUT2D eigenvalue weighted by Crippen LogP contribution is -2.34. The fourth-order valence-corrected chi connectivity index (χ4v) is 0.923. The maximum Gasteiger partial charge on any atom is 0.147 e. The third kappa shape index (κ3) is 4.60. The molecule has 4 heteroatoms. The first-order chi connectivity index (χ1) is 6.58. The second-order valence-electron chi connectivity index (χ2n) is 3.70. The van der Waals surface area contributed by atoms with Gasteiger partial charge in [0.1, 0.15) is 6.79 Å². The summed E-state index contributed by atoms with van der Waals surface area (Å²) in [7, 11) is 3.12. The van der Waals surface area contributed by atoms with E-state index in [1.54, 1.807) is 20.3 Å². The summed E-state index contributed by atoms with van der Waals surface area (Å²) in [4.78, 5) is 0. The van der Waals surface area contributed by atoms with Crippen molar-refractivity contribution < 1.29 is 19.3 Å². The molecule has 0 saturated carbocycles. The lowest BCUT2D eigenvalue weighted by atomic mass is 9.87. The van der Waals surface area contributed by atoms with Crippen molar-refractivity contribution in [3.8, 4) is 0 Å². The molecule has 0 heterocycles. The Balaban J connectivity index is 4.30. The van der Waals surface area contributed by atoms with Gasteiger partial charge in [0.05, 0.1) is 26.1 Å². The van der Waals surface area contributed by atoms with Crippen LogP contribution in [-0.2, 0) is 14.2 Å². The highest BCUT2D eigenvalue weighted by Crippen LogP contribution is 2.23. The molecular formula is C10H20O4. The quantitative estimate of drug-likeness (QED) is 0.499. The van der Waals surface area contributed by atoms with Crippen molar-refractivity contribution in [2.45, 2.75) is 20.0 Å². The maximum absolute atomic E-state index is 9.17. The van der Waals surface area contributed by atoms with Gasteiger partial charge in [0.15, 0.2) is 0 Å². The molecule has 0 amide bonds. The van der Waals surface area contributed by atoms with E-state index < -0.39 is 0 Å². The molecule has 0 saturated heterocycles. The van der Waals surface area contributed by atoms with Crippen LogP contribution in [-0.4, -0.2) is 38.8 Å². The van der Waals surface area contributed by atoms with Crippen molar-refractivity contribution in [1.29, 1.82) is 0 Å². The zero-order chi connectivity index (χ0) is 11.0. The van der Waals surface area contributed by atoms with Gasteiger partial charge in [0, 0.05) is 12.5 Å².